The first-order valence-electron chi connectivity index (χ1n) is 11.6. The molecule has 6 aliphatic rings. The minimum Gasteiger partial charge on any atom is -0.330 e. The van der Waals surface area contributed by atoms with Gasteiger partial charge in [-0.2, -0.15) is 0 Å². The Bertz CT molecular complexity index is 806. The standard InChI is InChI=1S/C24H32FN3O/c25-24-13-23(14-24,15-24)16-27-8-5-17(6-9-27)18-3-4-21-19(10-18)12-28(22(21)29)20-2-1-7-26-11-20/h3-4,10,17,20,26H,1-2,5-9,11-16H2. The molecule has 1 N–H and O–H groups in total. The van der Waals surface area contributed by atoms with Crippen LogP contribution in [-0.2, 0) is 6.54 Å². The lowest BCUT2D eigenvalue weighted by Gasteiger charge is -2.67. The van der Waals surface area contributed by atoms with E-state index in [2.05, 4.69) is 33.3 Å². The molecule has 0 aromatic heterocycles. The van der Waals surface area contributed by atoms with Gasteiger partial charge in [-0.05, 0) is 93.1 Å². The van der Waals surface area contributed by atoms with Gasteiger partial charge >= 0.3 is 0 Å². The van der Waals surface area contributed by atoms with Crippen molar-refractivity contribution in [3.8, 4) is 0 Å². The molecule has 29 heavy (non-hydrogen) atoms. The van der Waals surface area contributed by atoms with Gasteiger partial charge in [0.15, 0.2) is 0 Å². The van der Waals surface area contributed by atoms with Crippen molar-refractivity contribution in [2.45, 2.75) is 69.1 Å². The van der Waals surface area contributed by atoms with Gasteiger partial charge in [0.2, 0.25) is 0 Å². The number of hydrogen-bond donors (Lipinski definition) is 1. The van der Waals surface area contributed by atoms with E-state index < -0.39 is 5.67 Å². The molecule has 2 saturated heterocycles. The highest BCUT2D eigenvalue weighted by atomic mass is 19.1. The van der Waals surface area contributed by atoms with Crippen LogP contribution in [0.2, 0.25) is 0 Å². The molecule has 3 aliphatic carbocycles. The van der Waals surface area contributed by atoms with E-state index in [1.54, 1.807) is 0 Å². The van der Waals surface area contributed by atoms with E-state index in [1.165, 1.54) is 24.0 Å². The number of alkyl halides is 1. The summed E-state index contributed by atoms with van der Waals surface area (Å²) in [7, 11) is 0. The first kappa shape index (κ1) is 18.3. The number of likely N-dealkylation sites (tertiary alicyclic amines) is 1. The van der Waals surface area contributed by atoms with Gasteiger partial charge in [-0.1, -0.05) is 12.1 Å². The third kappa shape index (κ3) is 3.04. The number of carbonyl (C=O) groups excluding carboxylic acids is 1. The number of nitrogens with one attached hydrogen (secondary N) is 1. The second-order valence-electron chi connectivity index (χ2n) is 10.6. The number of benzene rings is 1. The third-order valence-corrected chi connectivity index (χ3v) is 8.37. The fourth-order valence-corrected chi connectivity index (χ4v) is 6.94. The maximum Gasteiger partial charge on any atom is 0.254 e. The molecule has 1 unspecified atom stereocenters. The number of fused-ring (bicyclic) bond motifs is 1. The third-order valence-electron chi connectivity index (χ3n) is 8.37. The molecular formula is C24H32FN3O. The lowest BCUT2D eigenvalue weighted by Crippen LogP contribution is -2.68. The van der Waals surface area contributed by atoms with Crippen LogP contribution >= 0.6 is 0 Å². The van der Waals surface area contributed by atoms with Crippen molar-refractivity contribution in [2.24, 2.45) is 5.41 Å². The zero-order valence-corrected chi connectivity index (χ0v) is 17.3. The maximum atomic E-state index is 13.8. The number of nitrogens with zero attached hydrogens (tertiary/aromatic N) is 2. The van der Waals surface area contributed by atoms with E-state index in [0.717, 1.165) is 76.9 Å². The highest BCUT2D eigenvalue weighted by Crippen LogP contribution is 2.69. The first-order valence-corrected chi connectivity index (χ1v) is 11.6. The van der Waals surface area contributed by atoms with Crippen LogP contribution in [0, 0.1) is 5.41 Å². The van der Waals surface area contributed by atoms with Crippen molar-refractivity contribution in [1.29, 1.82) is 0 Å². The van der Waals surface area contributed by atoms with Crippen LogP contribution in [0.1, 0.15) is 72.3 Å². The average Bonchev–Trinajstić information content (AvgIpc) is 3.03. The maximum absolute atomic E-state index is 13.8. The zero-order valence-electron chi connectivity index (χ0n) is 17.3. The summed E-state index contributed by atoms with van der Waals surface area (Å²) in [6, 6.07) is 6.94. The Kier molecular flexibility index (Phi) is 4.12. The first-order chi connectivity index (χ1) is 14.0. The van der Waals surface area contributed by atoms with Gasteiger partial charge in [0.1, 0.15) is 5.67 Å². The Balaban J connectivity index is 1.08. The predicted molar refractivity (Wildman–Crippen MR) is 111 cm³/mol. The van der Waals surface area contributed by atoms with Gasteiger partial charge in [0.25, 0.3) is 5.91 Å². The molecule has 7 rings (SSSR count). The average molecular weight is 398 g/mol. The lowest BCUT2D eigenvalue weighted by molar-refractivity contribution is -0.222. The van der Waals surface area contributed by atoms with Crippen LogP contribution in [0.3, 0.4) is 0 Å². The molecule has 4 nitrogen and oxygen atoms in total. The van der Waals surface area contributed by atoms with Crippen LogP contribution in [0.25, 0.3) is 0 Å². The van der Waals surface area contributed by atoms with Crippen molar-refractivity contribution >= 4 is 5.91 Å². The van der Waals surface area contributed by atoms with E-state index in [0.29, 0.717) is 17.4 Å². The molecule has 3 saturated carbocycles. The summed E-state index contributed by atoms with van der Waals surface area (Å²) in [6.45, 7) is 6.14. The molecule has 3 heterocycles. The predicted octanol–water partition coefficient (Wildman–Crippen LogP) is 3.47. The smallest absolute Gasteiger partial charge is 0.254 e. The molecule has 5 fully saturated rings. The van der Waals surface area contributed by atoms with Gasteiger partial charge in [-0.25, -0.2) is 4.39 Å². The summed E-state index contributed by atoms with van der Waals surface area (Å²) in [5.74, 6) is 0.817. The molecule has 1 amide bonds. The van der Waals surface area contributed by atoms with Gasteiger partial charge in [0, 0.05) is 31.2 Å². The van der Waals surface area contributed by atoms with Gasteiger partial charge in [-0.15, -0.1) is 0 Å². The zero-order chi connectivity index (χ0) is 19.6. The van der Waals surface area contributed by atoms with Crippen LogP contribution in [0.5, 0.6) is 0 Å². The lowest BCUT2D eigenvalue weighted by atomic mass is 9.42. The number of carbonyl (C=O) groups is 1. The summed E-state index contributed by atoms with van der Waals surface area (Å²) in [6.07, 6.45) is 7.06. The van der Waals surface area contributed by atoms with Crippen LogP contribution in [0.4, 0.5) is 4.39 Å². The molecule has 0 spiro atoms. The number of hydrogen-bond acceptors (Lipinski definition) is 3. The van der Waals surface area contributed by atoms with Crippen molar-refractivity contribution in [3.05, 3.63) is 34.9 Å². The molecule has 156 valence electrons. The van der Waals surface area contributed by atoms with E-state index in [4.69, 9.17) is 0 Å². The second-order valence-corrected chi connectivity index (χ2v) is 10.6. The van der Waals surface area contributed by atoms with Crippen molar-refractivity contribution in [1.82, 2.24) is 15.1 Å². The molecule has 2 bridgehead atoms. The normalized spacial score (nSPS) is 37.2. The van der Waals surface area contributed by atoms with Gasteiger partial charge < -0.3 is 15.1 Å². The molecular weight excluding hydrogens is 365 g/mol. The summed E-state index contributed by atoms with van der Waals surface area (Å²) in [5.41, 5.74) is 3.10. The van der Waals surface area contributed by atoms with E-state index in [-0.39, 0.29) is 5.91 Å². The highest BCUT2D eigenvalue weighted by Gasteiger charge is 2.69. The van der Waals surface area contributed by atoms with Gasteiger partial charge in [0.05, 0.1) is 0 Å². The number of piperidine rings is 2. The Labute approximate surface area is 172 Å². The Morgan fingerprint density at radius 1 is 1.14 bits per heavy atom. The topological polar surface area (TPSA) is 35.6 Å². The number of rotatable bonds is 4. The van der Waals surface area contributed by atoms with E-state index >= 15 is 0 Å². The Morgan fingerprint density at radius 2 is 1.93 bits per heavy atom. The summed E-state index contributed by atoms with van der Waals surface area (Å²) in [5, 5.41) is 3.44. The fourth-order valence-electron chi connectivity index (χ4n) is 6.94. The highest BCUT2D eigenvalue weighted by molar-refractivity contribution is 5.98. The Morgan fingerprint density at radius 3 is 2.62 bits per heavy atom. The minimum atomic E-state index is -0.776. The molecule has 1 aromatic carbocycles. The summed E-state index contributed by atoms with van der Waals surface area (Å²) < 4.78 is 13.8. The quantitative estimate of drug-likeness (QED) is 0.845. The van der Waals surface area contributed by atoms with Crippen LogP contribution in [0.15, 0.2) is 18.2 Å². The fraction of sp³-hybridized carbons (Fsp3) is 0.708. The molecule has 0 radical (unpaired) electrons. The number of amides is 1. The monoisotopic (exact) mass is 397 g/mol. The number of halogens is 1. The SMILES string of the molecule is O=C1c2ccc(C3CCN(CC45CC(F)(C4)C5)CC3)cc2CN1C1CCCNC1. The summed E-state index contributed by atoms with van der Waals surface area (Å²) in [4.78, 5) is 17.5. The van der Waals surface area contributed by atoms with Crippen LogP contribution in [-0.4, -0.2) is 60.1 Å². The summed E-state index contributed by atoms with van der Waals surface area (Å²) >= 11 is 0. The molecule has 1 atom stereocenters. The molecule has 3 aliphatic heterocycles. The van der Waals surface area contributed by atoms with Gasteiger partial charge in [-0.3, -0.25) is 4.79 Å². The van der Waals surface area contributed by atoms with Crippen molar-refractivity contribution in [2.75, 3.05) is 32.7 Å². The Hall–Kier alpha value is -1.46. The minimum absolute atomic E-state index is 0.222. The van der Waals surface area contributed by atoms with Crippen molar-refractivity contribution < 1.29 is 9.18 Å². The largest absolute Gasteiger partial charge is 0.330 e. The van der Waals surface area contributed by atoms with E-state index in [9.17, 15) is 9.18 Å². The molecule has 1 aromatic rings. The molecule has 5 heteroatoms. The van der Waals surface area contributed by atoms with Crippen molar-refractivity contribution in [3.63, 3.8) is 0 Å². The second kappa shape index (κ2) is 6.52. The van der Waals surface area contributed by atoms with E-state index in [1.807, 2.05) is 0 Å². The van der Waals surface area contributed by atoms with Crippen LogP contribution < -0.4 is 5.32 Å².